The van der Waals surface area contributed by atoms with Gasteiger partial charge >= 0.3 is 6.09 Å². The number of nitrogens with zero attached hydrogens (tertiary/aromatic N) is 5. The number of benzene rings is 3. The van der Waals surface area contributed by atoms with Gasteiger partial charge in [-0.15, -0.1) is 0 Å². The minimum Gasteiger partial charge on any atom is -0.497 e. The van der Waals surface area contributed by atoms with Crippen molar-refractivity contribution in [3.05, 3.63) is 78.0 Å². The van der Waals surface area contributed by atoms with E-state index in [1.807, 2.05) is 50.2 Å². The molecule has 3 aromatic carbocycles. The first-order valence-electron chi connectivity index (χ1n) is 16.9. The van der Waals surface area contributed by atoms with Crippen molar-refractivity contribution in [2.75, 3.05) is 70.9 Å². The molecule has 0 bridgehead atoms. The minimum absolute atomic E-state index is 0.258. The molecule has 0 unspecified atom stereocenters. The molecular formula is C38H48N6O6. The first-order valence-corrected chi connectivity index (χ1v) is 16.9. The van der Waals surface area contributed by atoms with E-state index >= 15 is 0 Å². The van der Waals surface area contributed by atoms with Gasteiger partial charge in [-0.25, -0.2) is 14.7 Å². The first kappa shape index (κ1) is 36.2. The lowest BCUT2D eigenvalue weighted by Gasteiger charge is -2.36. The number of amides is 1. The lowest BCUT2D eigenvalue weighted by Crippen LogP contribution is -2.49. The van der Waals surface area contributed by atoms with Gasteiger partial charge in [-0.1, -0.05) is 18.2 Å². The molecule has 1 fully saturated rings. The molecule has 12 heteroatoms. The van der Waals surface area contributed by atoms with Gasteiger partial charge in [0, 0.05) is 68.8 Å². The summed E-state index contributed by atoms with van der Waals surface area (Å²) in [6.45, 7) is 14.3. The molecule has 266 valence electrons. The second-order valence-electron chi connectivity index (χ2n) is 12.4. The van der Waals surface area contributed by atoms with Crippen LogP contribution in [0.15, 0.2) is 66.9 Å². The van der Waals surface area contributed by atoms with Gasteiger partial charge in [0.2, 0.25) is 5.95 Å². The number of aryl methyl sites for hydroxylation is 2. The van der Waals surface area contributed by atoms with E-state index < -0.39 is 6.09 Å². The lowest BCUT2D eigenvalue weighted by molar-refractivity contribution is 0.104. The Balaban J connectivity index is 1.31. The van der Waals surface area contributed by atoms with Crippen LogP contribution in [0.1, 0.15) is 31.4 Å². The third-order valence-electron chi connectivity index (χ3n) is 8.71. The molecule has 1 N–H and O–H groups in total. The average Bonchev–Trinajstić information content (AvgIpc) is 3.12. The largest absolute Gasteiger partial charge is 0.497 e. The molecule has 1 aliphatic heterocycles. The van der Waals surface area contributed by atoms with Crippen LogP contribution >= 0.6 is 0 Å². The van der Waals surface area contributed by atoms with Crippen molar-refractivity contribution in [3.63, 3.8) is 0 Å². The van der Waals surface area contributed by atoms with E-state index in [-0.39, 0.29) is 11.8 Å². The van der Waals surface area contributed by atoms with Crippen molar-refractivity contribution in [2.24, 2.45) is 0 Å². The Morgan fingerprint density at radius 1 is 0.880 bits per heavy atom. The van der Waals surface area contributed by atoms with Crippen LogP contribution < -0.4 is 33.9 Å². The van der Waals surface area contributed by atoms with Crippen LogP contribution in [0, 0.1) is 13.8 Å². The van der Waals surface area contributed by atoms with Crippen molar-refractivity contribution in [1.82, 2.24) is 19.8 Å². The Labute approximate surface area is 294 Å². The van der Waals surface area contributed by atoms with Gasteiger partial charge in [0.05, 0.1) is 33.6 Å². The predicted octanol–water partition coefficient (Wildman–Crippen LogP) is 6.99. The summed E-state index contributed by atoms with van der Waals surface area (Å²) in [5.41, 5.74) is 2.74. The number of methoxy groups -OCH3 is 3. The first-order chi connectivity index (χ1) is 24.2. The normalized spacial score (nSPS) is 13.5. The van der Waals surface area contributed by atoms with Crippen molar-refractivity contribution >= 4 is 29.2 Å². The molecule has 0 radical (unpaired) electrons. The number of anilines is 4. The molecule has 12 nitrogen and oxygen atoms in total. The zero-order chi connectivity index (χ0) is 35.6. The highest BCUT2D eigenvalue weighted by Gasteiger charge is 2.27. The summed E-state index contributed by atoms with van der Waals surface area (Å²) in [5.74, 6) is 3.20. The highest BCUT2D eigenvalue weighted by molar-refractivity contribution is 5.98. The fourth-order valence-electron chi connectivity index (χ4n) is 5.88. The molecule has 1 saturated heterocycles. The number of carbonyl (C=O) groups excluding carboxylic acids is 1. The van der Waals surface area contributed by atoms with Gasteiger partial charge < -0.3 is 33.9 Å². The number of rotatable bonds is 14. The number of nitrogens with one attached hydrogen (secondary N) is 1. The number of piperazine rings is 1. The maximum absolute atomic E-state index is 14.0. The molecule has 0 aliphatic carbocycles. The smallest absolute Gasteiger partial charge is 0.425 e. The number of para-hydroxylation sites is 1. The molecule has 1 aliphatic rings. The molecular weight excluding hydrogens is 636 g/mol. The zero-order valence-corrected chi connectivity index (χ0v) is 30.1. The molecule has 0 atom stereocenters. The molecule has 0 saturated carbocycles. The monoisotopic (exact) mass is 684 g/mol. The second-order valence-corrected chi connectivity index (χ2v) is 12.4. The Morgan fingerprint density at radius 2 is 1.62 bits per heavy atom. The molecule has 1 amide bonds. The van der Waals surface area contributed by atoms with Crippen molar-refractivity contribution in [1.29, 1.82) is 0 Å². The van der Waals surface area contributed by atoms with Crippen LogP contribution in [0.2, 0.25) is 0 Å². The topological polar surface area (TPSA) is 111 Å². The number of hydrogen-bond donors (Lipinski definition) is 1. The summed E-state index contributed by atoms with van der Waals surface area (Å²) in [4.78, 5) is 29.4. The van der Waals surface area contributed by atoms with E-state index in [0.29, 0.717) is 52.8 Å². The van der Waals surface area contributed by atoms with E-state index in [9.17, 15) is 4.79 Å². The van der Waals surface area contributed by atoms with Gasteiger partial charge in [0.15, 0.2) is 11.5 Å². The highest BCUT2D eigenvalue weighted by atomic mass is 16.6. The van der Waals surface area contributed by atoms with Crippen LogP contribution in [-0.2, 0) is 0 Å². The minimum atomic E-state index is -0.670. The summed E-state index contributed by atoms with van der Waals surface area (Å²) in [6.07, 6.45) is 1.82. The van der Waals surface area contributed by atoms with E-state index in [1.54, 1.807) is 44.7 Å². The van der Waals surface area contributed by atoms with Gasteiger partial charge in [0.25, 0.3) is 0 Å². The third-order valence-corrected chi connectivity index (χ3v) is 8.71. The lowest BCUT2D eigenvalue weighted by atomic mass is 10.1. The Bertz CT molecular complexity index is 1720. The van der Waals surface area contributed by atoms with Crippen molar-refractivity contribution < 1.29 is 28.5 Å². The van der Waals surface area contributed by atoms with Gasteiger partial charge in [-0.3, -0.25) is 4.90 Å². The molecule has 50 heavy (non-hydrogen) atoms. The van der Waals surface area contributed by atoms with Crippen LogP contribution in [0.4, 0.5) is 27.9 Å². The summed E-state index contributed by atoms with van der Waals surface area (Å²) in [7, 11) is 4.70. The second kappa shape index (κ2) is 17.0. The number of aromatic nitrogens is 2. The van der Waals surface area contributed by atoms with Crippen LogP contribution in [0.5, 0.6) is 28.7 Å². The summed E-state index contributed by atoms with van der Waals surface area (Å²) < 4.78 is 28.8. The van der Waals surface area contributed by atoms with E-state index in [1.165, 1.54) is 12.0 Å². The quantitative estimate of drug-likeness (QED) is 0.139. The Morgan fingerprint density at radius 3 is 2.30 bits per heavy atom. The van der Waals surface area contributed by atoms with Crippen LogP contribution in [0.3, 0.4) is 0 Å². The van der Waals surface area contributed by atoms with E-state index in [4.69, 9.17) is 28.7 Å². The number of carbonyl (C=O) groups is 1. The van der Waals surface area contributed by atoms with Crippen molar-refractivity contribution in [2.45, 2.75) is 40.2 Å². The molecule has 5 rings (SSSR count). The molecule has 2 heterocycles. The standard InChI is InChI=1S/C38H48N6O6/c1-26(2)43-21-19-42(20-22-43)18-9-23-49-32-15-12-29(24-34(32)48-7)40-37-39-17-16-35(41-37)44(31-14-13-30(46-5)25-33(31)47-6)38(45)50-36-27(3)10-8-11-28(36)4/h8,10-17,24-26H,9,18-23H2,1-7H3,(H,39,40,41). The summed E-state index contributed by atoms with van der Waals surface area (Å²) in [5, 5.41) is 3.23. The predicted molar refractivity (Wildman–Crippen MR) is 195 cm³/mol. The van der Waals surface area contributed by atoms with Gasteiger partial charge in [0.1, 0.15) is 23.1 Å². The Kier molecular flexibility index (Phi) is 12.3. The maximum atomic E-state index is 14.0. The fourth-order valence-corrected chi connectivity index (χ4v) is 5.88. The molecule has 0 spiro atoms. The Hall–Kier alpha value is -5.07. The summed E-state index contributed by atoms with van der Waals surface area (Å²) in [6, 6.07) is 18.6. The van der Waals surface area contributed by atoms with Gasteiger partial charge in [-0.2, -0.15) is 4.98 Å². The van der Waals surface area contributed by atoms with Crippen LogP contribution in [-0.4, -0.2) is 92.6 Å². The number of ether oxygens (including phenoxy) is 5. The van der Waals surface area contributed by atoms with E-state index in [0.717, 1.165) is 50.3 Å². The SMILES string of the molecule is COc1ccc(N(C(=O)Oc2c(C)cccc2C)c2ccnc(Nc3ccc(OCCCN4CCN(C(C)C)CC4)c(OC)c3)n2)c(OC)c1. The van der Waals surface area contributed by atoms with Gasteiger partial charge in [-0.05, 0) is 69.5 Å². The molecule has 4 aromatic rings. The average molecular weight is 685 g/mol. The molecule has 1 aromatic heterocycles. The summed E-state index contributed by atoms with van der Waals surface area (Å²) >= 11 is 0. The van der Waals surface area contributed by atoms with Crippen molar-refractivity contribution in [3.8, 4) is 28.7 Å². The third kappa shape index (κ3) is 8.93. The van der Waals surface area contributed by atoms with Crippen LogP contribution in [0.25, 0.3) is 0 Å². The van der Waals surface area contributed by atoms with E-state index in [2.05, 4.69) is 33.9 Å². The zero-order valence-electron chi connectivity index (χ0n) is 30.1. The highest BCUT2D eigenvalue weighted by Crippen LogP contribution is 2.38. The fraction of sp³-hybridized carbons (Fsp3) is 0.395. The maximum Gasteiger partial charge on any atom is 0.425 e. The number of hydrogen-bond acceptors (Lipinski definition) is 11.